The zero-order valence-corrected chi connectivity index (χ0v) is 11.9. The molecule has 0 unspecified atom stereocenters. The Bertz CT molecular complexity index is 796. The van der Waals surface area contributed by atoms with Crippen molar-refractivity contribution in [1.82, 2.24) is 14.5 Å². The van der Waals surface area contributed by atoms with Gasteiger partial charge >= 0.3 is 0 Å². The summed E-state index contributed by atoms with van der Waals surface area (Å²) < 4.78 is 16.1. The predicted molar refractivity (Wildman–Crippen MR) is 80.9 cm³/mol. The standard InChI is InChI=1S/C15H16FN5/c1-20-9-19-12-8-18-15(6-14(12)20)21(2)13-4-3-10(7-17)5-11(13)16/h3-6,8-9H,7,17H2,1-2H3. The molecule has 108 valence electrons. The number of aryl methyl sites for hydroxylation is 1. The third-order valence-corrected chi connectivity index (χ3v) is 3.55. The number of aromatic nitrogens is 3. The summed E-state index contributed by atoms with van der Waals surface area (Å²) in [4.78, 5) is 10.3. The Morgan fingerprint density at radius 1 is 1.29 bits per heavy atom. The maximum absolute atomic E-state index is 14.2. The minimum atomic E-state index is -0.313. The largest absolute Gasteiger partial charge is 0.334 e. The summed E-state index contributed by atoms with van der Waals surface area (Å²) >= 11 is 0. The van der Waals surface area contributed by atoms with Crippen LogP contribution in [0.5, 0.6) is 0 Å². The highest BCUT2D eigenvalue weighted by atomic mass is 19.1. The molecule has 0 aliphatic rings. The van der Waals surface area contributed by atoms with Crippen LogP contribution in [0.1, 0.15) is 5.56 Å². The van der Waals surface area contributed by atoms with Crippen LogP contribution in [0.25, 0.3) is 11.0 Å². The minimum Gasteiger partial charge on any atom is -0.334 e. The number of nitrogens with two attached hydrogens (primary N) is 1. The number of halogens is 1. The van der Waals surface area contributed by atoms with Crippen LogP contribution in [0.15, 0.2) is 36.8 Å². The van der Waals surface area contributed by atoms with Gasteiger partial charge in [0.1, 0.15) is 17.2 Å². The maximum atomic E-state index is 14.2. The first-order valence-electron chi connectivity index (χ1n) is 6.59. The Hall–Kier alpha value is -2.47. The van der Waals surface area contributed by atoms with E-state index in [4.69, 9.17) is 5.73 Å². The van der Waals surface area contributed by atoms with Gasteiger partial charge in [-0.1, -0.05) is 6.07 Å². The number of hydrogen-bond acceptors (Lipinski definition) is 4. The van der Waals surface area contributed by atoms with Crippen molar-refractivity contribution in [2.24, 2.45) is 12.8 Å². The Morgan fingerprint density at radius 3 is 2.81 bits per heavy atom. The first-order chi connectivity index (χ1) is 10.1. The van der Waals surface area contributed by atoms with Gasteiger partial charge in [0.25, 0.3) is 0 Å². The van der Waals surface area contributed by atoms with Crippen molar-refractivity contribution >= 4 is 22.5 Å². The van der Waals surface area contributed by atoms with Crippen LogP contribution in [0.4, 0.5) is 15.9 Å². The fraction of sp³-hybridized carbons (Fsp3) is 0.200. The second kappa shape index (κ2) is 5.14. The van der Waals surface area contributed by atoms with Crippen molar-refractivity contribution in [3.8, 4) is 0 Å². The van der Waals surface area contributed by atoms with Crippen molar-refractivity contribution < 1.29 is 4.39 Å². The molecule has 2 N–H and O–H groups in total. The van der Waals surface area contributed by atoms with Crippen LogP contribution < -0.4 is 10.6 Å². The molecule has 1 aromatic carbocycles. The predicted octanol–water partition coefficient (Wildman–Crippen LogP) is 2.33. The van der Waals surface area contributed by atoms with Gasteiger partial charge in [-0.05, 0) is 17.7 Å². The van der Waals surface area contributed by atoms with Crippen LogP contribution >= 0.6 is 0 Å². The Balaban J connectivity index is 2.03. The van der Waals surface area contributed by atoms with Crippen molar-refractivity contribution in [2.75, 3.05) is 11.9 Å². The molecule has 2 aromatic heterocycles. The lowest BCUT2D eigenvalue weighted by molar-refractivity contribution is 0.625. The van der Waals surface area contributed by atoms with Gasteiger partial charge in [-0.25, -0.2) is 14.4 Å². The SMILES string of the molecule is CN(c1cc2c(cn1)ncn2C)c1ccc(CN)cc1F. The normalized spacial score (nSPS) is 11.0. The van der Waals surface area contributed by atoms with E-state index in [0.717, 1.165) is 16.6 Å². The quantitative estimate of drug-likeness (QED) is 0.802. The molecule has 21 heavy (non-hydrogen) atoms. The van der Waals surface area contributed by atoms with Crippen molar-refractivity contribution in [2.45, 2.75) is 6.54 Å². The van der Waals surface area contributed by atoms with E-state index in [2.05, 4.69) is 9.97 Å². The smallest absolute Gasteiger partial charge is 0.147 e. The number of rotatable bonds is 3. The molecule has 6 heteroatoms. The molecule has 0 aliphatic heterocycles. The van der Waals surface area contributed by atoms with Gasteiger partial charge in [0.05, 0.1) is 23.7 Å². The molecule has 0 fully saturated rings. The fourth-order valence-corrected chi connectivity index (χ4v) is 2.28. The lowest BCUT2D eigenvalue weighted by Crippen LogP contribution is -2.13. The molecule has 0 saturated heterocycles. The molecule has 0 spiro atoms. The van der Waals surface area contributed by atoms with Crippen LogP contribution in [-0.4, -0.2) is 21.6 Å². The second-order valence-electron chi connectivity index (χ2n) is 4.94. The summed E-state index contributed by atoms with van der Waals surface area (Å²) in [6.07, 6.45) is 3.42. The molecule has 0 atom stereocenters. The topological polar surface area (TPSA) is 60.0 Å². The monoisotopic (exact) mass is 285 g/mol. The van der Waals surface area contributed by atoms with Gasteiger partial charge in [-0.15, -0.1) is 0 Å². The highest BCUT2D eigenvalue weighted by Crippen LogP contribution is 2.27. The molecule has 3 rings (SSSR count). The lowest BCUT2D eigenvalue weighted by atomic mass is 10.2. The van der Waals surface area contributed by atoms with Gasteiger partial charge in [0.2, 0.25) is 0 Å². The van der Waals surface area contributed by atoms with Gasteiger partial charge < -0.3 is 15.2 Å². The second-order valence-corrected chi connectivity index (χ2v) is 4.94. The molecule has 3 aromatic rings. The summed E-state index contributed by atoms with van der Waals surface area (Å²) in [7, 11) is 3.70. The Morgan fingerprint density at radius 2 is 2.10 bits per heavy atom. The lowest BCUT2D eigenvalue weighted by Gasteiger charge is -2.19. The highest BCUT2D eigenvalue weighted by Gasteiger charge is 2.12. The van der Waals surface area contributed by atoms with Crippen LogP contribution in [-0.2, 0) is 13.6 Å². The van der Waals surface area contributed by atoms with Gasteiger partial charge in [0.15, 0.2) is 0 Å². The van der Waals surface area contributed by atoms with E-state index < -0.39 is 0 Å². The van der Waals surface area contributed by atoms with E-state index in [-0.39, 0.29) is 5.82 Å². The van der Waals surface area contributed by atoms with Crippen LogP contribution in [0, 0.1) is 5.82 Å². The number of nitrogens with zero attached hydrogens (tertiary/aromatic N) is 4. The van der Waals surface area contributed by atoms with Gasteiger partial charge in [-0.2, -0.15) is 0 Å². The highest BCUT2D eigenvalue weighted by molar-refractivity contribution is 5.78. The van der Waals surface area contributed by atoms with E-state index in [9.17, 15) is 4.39 Å². The zero-order chi connectivity index (χ0) is 15.0. The van der Waals surface area contributed by atoms with Crippen LogP contribution in [0.3, 0.4) is 0 Å². The number of hydrogen-bond donors (Lipinski definition) is 1. The average Bonchev–Trinajstić information content (AvgIpc) is 2.87. The Kier molecular flexibility index (Phi) is 3.31. The van der Waals surface area contributed by atoms with E-state index in [0.29, 0.717) is 18.1 Å². The zero-order valence-electron chi connectivity index (χ0n) is 11.9. The van der Waals surface area contributed by atoms with Crippen molar-refractivity contribution in [3.63, 3.8) is 0 Å². The maximum Gasteiger partial charge on any atom is 0.147 e. The van der Waals surface area contributed by atoms with Gasteiger partial charge in [0, 0.05) is 26.7 Å². The molecule has 0 saturated carbocycles. The third kappa shape index (κ3) is 2.34. The van der Waals surface area contributed by atoms with E-state index >= 15 is 0 Å². The molecule has 5 nitrogen and oxygen atoms in total. The molecule has 0 aliphatic carbocycles. The minimum absolute atomic E-state index is 0.313. The van der Waals surface area contributed by atoms with Gasteiger partial charge in [-0.3, -0.25) is 0 Å². The van der Waals surface area contributed by atoms with Crippen LogP contribution in [0.2, 0.25) is 0 Å². The number of pyridine rings is 1. The van der Waals surface area contributed by atoms with Crippen molar-refractivity contribution in [3.05, 3.63) is 48.2 Å². The summed E-state index contributed by atoms with van der Waals surface area (Å²) in [5, 5.41) is 0. The summed E-state index contributed by atoms with van der Waals surface area (Å²) in [5.41, 5.74) is 8.51. The summed E-state index contributed by atoms with van der Waals surface area (Å²) in [6.45, 7) is 0.320. The molecular weight excluding hydrogens is 269 g/mol. The Labute approximate surface area is 121 Å². The number of anilines is 2. The molecule has 0 bridgehead atoms. The number of fused-ring (bicyclic) bond motifs is 1. The van der Waals surface area contributed by atoms with Crippen molar-refractivity contribution in [1.29, 1.82) is 0 Å². The molecule has 2 heterocycles. The molecular formula is C15H16FN5. The number of benzene rings is 1. The first-order valence-corrected chi connectivity index (χ1v) is 6.59. The third-order valence-electron chi connectivity index (χ3n) is 3.55. The molecule has 0 radical (unpaired) electrons. The first kappa shape index (κ1) is 13.5. The summed E-state index contributed by atoms with van der Waals surface area (Å²) in [5.74, 6) is 0.345. The average molecular weight is 285 g/mol. The number of imidazole rings is 1. The van der Waals surface area contributed by atoms with E-state index in [1.807, 2.05) is 23.7 Å². The molecule has 0 amide bonds. The fourth-order valence-electron chi connectivity index (χ4n) is 2.28. The summed E-state index contributed by atoms with van der Waals surface area (Å²) in [6, 6.07) is 6.87. The van der Waals surface area contributed by atoms with E-state index in [1.165, 1.54) is 6.07 Å². The van der Waals surface area contributed by atoms with E-state index in [1.54, 1.807) is 30.5 Å².